The summed E-state index contributed by atoms with van der Waals surface area (Å²) in [5, 5.41) is 14.3. The molecule has 2 aromatic rings. The molecule has 27 heavy (non-hydrogen) atoms. The molecular formula is C19H24N4O4. The molecule has 1 aromatic heterocycles. The number of hydrogen-bond donors (Lipinski definition) is 2. The number of nitrogens with one attached hydrogen (secondary N) is 2. The van der Waals surface area contributed by atoms with Crippen LogP contribution in [0.4, 0.5) is 11.6 Å². The highest BCUT2D eigenvalue weighted by molar-refractivity contribution is 6.04. The van der Waals surface area contributed by atoms with Crippen molar-refractivity contribution >= 4 is 17.5 Å². The molecule has 1 heterocycles. The van der Waals surface area contributed by atoms with E-state index in [1.165, 1.54) is 34.2 Å². The van der Waals surface area contributed by atoms with Crippen LogP contribution in [-0.2, 0) is 0 Å². The minimum absolute atomic E-state index is 0.347. The minimum Gasteiger partial charge on any atom is -0.493 e. The van der Waals surface area contributed by atoms with Gasteiger partial charge >= 0.3 is 0 Å². The van der Waals surface area contributed by atoms with E-state index < -0.39 is 0 Å². The van der Waals surface area contributed by atoms with Crippen molar-refractivity contribution in [2.45, 2.75) is 31.7 Å². The van der Waals surface area contributed by atoms with Crippen molar-refractivity contribution in [3.05, 3.63) is 29.8 Å². The Balaban J connectivity index is 1.71. The molecule has 1 aliphatic carbocycles. The summed E-state index contributed by atoms with van der Waals surface area (Å²) < 4.78 is 15.8. The SMILES string of the molecule is COc1cc(C(=O)Nc2ccc(NC3CCCC3)nn2)cc(OC)c1OC. The molecule has 144 valence electrons. The molecule has 3 rings (SSSR count). The van der Waals surface area contributed by atoms with Crippen LogP contribution in [0.2, 0.25) is 0 Å². The van der Waals surface area contributed by atoms with Crippen LogP contribution in [0, 0.1) is 0 Å². The average molecular weight is 372 g/mol. The summed E-state index contributed by atoms with van der Waals surface area (Å²) in [5.41, 5.74) is 0.361. The molecular weight excluding hydrogens is 348 g/mol. The second kappa shape index (κ2) is 8.57. The number of anilines is 2. The smallest absolute Gasteiger partial charge is 0.257 e. The van der Waals surface area contributed by atoms with Crippen LogP contribution in [0.3, 0.4) is 0 Å². The predicted octanol–water partition coefficient (Wildman–Crippen LogP) is 3.11. The van der Waals surface area contributed by atoms with Gasteiger partial charge in [0.15, 0.2) is 17.3 Å². The van der Waals surface area contributed by atoms with Crippen LogP contribution in [0.5, 0.6) is 17.2 Å². The zero-order valence-electron chi connectivity index (χ0n) is 15.7. The molecule has 2 N–H and O–H groups in total. The van der Waals surface area contributed by atoms with Crippen molar-refractivity contribution in [1.29, 1.82) is 0 Å². The Morgan fingerprint density at radius 3 is 2.07 bits per heavy atom. The molecule has 0 atom stereocenters. The van der Waals surface area contributed by atoms with Gasteiger partial charge in [0.1, 0.15) is 5.82 Å². The molecule has 8 heteroatoms. The van der Waals surface area contributed by atoms with Gasteiger partial charge in [-0.05, 0) is 37.1 Å². The third kappa shape index (κ3) is 4.39. The third-order valence-electron chi connectivity index (χ3n) is 4.54. The van der Waals surface area contributed by atoms with Gasteiger partial charge in [-0.2, -0.15) is 0 Å². The number of carbonyl (C=O) groups is 1. The van der Waals surface area contributed by atoms with E-state index in [4.69, 9.17) is 14.2 Å². The molecule has 0 spiro atoms. The zero-order valence-corrected chi connectivity index (χ0v) is 15.7. The van der Waals surface area contributed by atoms with E-state index in [9.17, 15) is 4.79 Å². The monoisotopic (exact) mass is 372 g/mol. The number of nitrogens with zero attached hydrogens (tertiary/aromatic N) is 2. The first kappa shape index (κ1) is 18.8. The highest BCUT2D eigenvalue weighted by Gasteiger charge is 2.18. The fourth-order valence-corrected chi connectivity index (χ4v) is 3.16. The Morgan fingerprint density at radius 1 is 0.963 bits per heavy atom. The number of hydrogen-bond acceptors (Lipinski definition) is 7. The Hall–Kier alpha value is -3.03. The summed E-state index contributed by atoms with van der Waals surface area (Å²) >= 11 is 0. The van der Waals surface area contributed by atoms with Gasteiger partial charge < -0.3 is 24.8 Å². The van der Waals surface area contributed by atoms with E-state index >= 15 is 0 Å². The van der Waals surface area contributed by atoms with Gasteiger partial charge in [-0.25, -0.2) is 0 Å². The number of ether oxygens (including phenoxy) is 3. The zero-order chi connectivity index (χ0) is 19.2. The van der Waals surface area contributed by atoms with Crippen LogP contribution < -0.4 is 24.8 Å². The lowest BCUT2D eigenvalue weighted by Gasteiger charge is -2.14. The first-order valence-electron chi connectivity index (χ1n) is 8.86. The molecule has 1 fully saturated rings. The maximum absolute atomic E-state index is 12.6. The Bertz CT molecular complexity index is 764. The summed E-state index contributed by atoms with van der Waals surface area (Å²) in [6.45, 7) is 0. The summed E-state index contributed by atoms with van der Waals surface area (Å²) in [7, 11) is 4.51. The Kier molecular flexibility index (Phi) is 5.95. The van der Waals surface area contributed by atoms with Gasteiger partial charge in [-0.1, -0.05) is 12.8 Å². The van der Waals surface area contributed by atoms with Crippen molar-refractivity contribution in [2.75, 3.05) is 32.0 Å². The fraction of sp³-hybridized carbons (Fsp3) is 0.421. The lowest BCUT2D eigenvalue weighted by molar-refractivity contribution is 0.102. The normalized spacial score (nSPS) is 13.9. The number of aromatic nitrogens is 2. The number of amides is 1. The Morgan fingerprint density at radius 2 is 1.56 bits per heavy atom. The maximum atomic E-state index is 12.6. The van der Waals surface area contributed by atoms with Gasteiger partial charge in [0.05, 0.1) is 21.3 Å². The van der Waals surface area contributed by atoms with E-state index in [0.29, 0.717) is 40.5 Å². The molecule has 1 aromatic carbocycles. The van der Waals surface area contributed by atoms with Crippen molar-refractivity contribution < 1.29 is 19.0 Å². The quantitative estimate of drug-likeness (QED) is 0.771. The van der Waals surface area contributed by atoms with Crippen molar-refractivity contribution in [1.82, 2.24) is 10.2 Å². The number of methoxy groups -OCH3 is 3. The number of rotatable bonds is 7. The lowest BCUT2D eigenvalue weighted by Crippen LogP contribution is -2.17. The molecule has 1 aliphatic rings. The molecule has 0 bridgehead atoms. The lowest BCUT2D eigenvalue weighted by atomic mass is 10.1. The van der Waals surface area contributed by atoms with Gasteiger partial charge in [-0.3, -0.25) is 4.79 Å². The predicted molar refractivity (Wildman–Crippen MR) is 102 cm³/mol. The molecule has 0 saturated heterocycles. The molecule has 0 unspecified atom stereocenters. The third-order valence-corrected chi connectivity index (χ3v) is 4.54. The number of benzene rings is 1. The van der Waals surface area contributed by atoms with Gasteiger partial charge in [0.2, 0.25) is 5.75 Å². The first-order valence-corrected chi connectivity index (χ1v) is 8.86. The first-order chi connectivity index (χ1) is 13.1. The number of carbonyl (C=O) groups excluding carboxylic acids is 1. The van der Waals surface area contributed by atoms with Crippen LogP contribution in [0.25, 0.3) is 0 Å². The summed E-state index contributed by atoms with van der Waals surface area (Å²) in [5.74, 6) is 1.98. The van der Waals surface area contributed by atoms with Crippen LogP contribution in [-0.4, -0.2) is 43.5 Å². The van der Waals surface area contributed by atoms with Gasteiger partial charge in [0, 0.05) is 11.6 Å². The molecule has 1 amide bonds. The fourth-order valence-electron chi connectivity index (χ4n) is 3.16. The van der Waals surface area contributed by atoms with E-state index in [2.05, 4.69) is 20.8 Å². The van der Waals surface area contributed by atoms with Crippen molar-refractivity contribution in [3.8, 4) is 17.2 Å². The topological polar surface area (TPSA) is 94.6 Å². The highest BCUT2D eigenvalue weighted by atomic mass is 16.5. The molecule has 1 saturated carbocycles. The van der Waals surface area contributed by atoms with Crippen molar-refractivity contribution in [3.63, 3.8) is 0 Å². The van der Waals surface area contributed by atoms with Gasteiger partial charge in [-0.15, -0.1) is 10.2 Å². The minimum atomic E-state index is -0.347. The summed E-state index contributed by atoms with van der Waals surface area (Å²) in [6, 6.07) is 7.16. The standard InChI is InChI=1S/C19H24N4O4/c1-25-14-10-12(11-15(26-2)18(14)27-3)19(24)21-17-9-8-16(22-23-17)20-13-6-4-5-7-13/h8-11,13H,4-7H2,1-3H3,(H,20,22)(H,21,23,24). The van der Waals surface area contributed by atoms with E-state index in [-0.39, 0.29) is 5.91 Å². The molecule has 8 nitrogen and oxygen atoms in total. The van der Waals surface area contributed by atoms with Crippen LogP contribution in [0.1, 0.15) is 36.0 Å². The van der Waals surface area contributed by atoms with Crippen LogP contribution >= 0.6 is 0 Å². The molecule has 0 aliphatic heterocycles. The second-order valence-electron chi connectivity index (χ2n) is 6.30. The maximum Gasteiger partial charge on any atom is 0.257 e. The second-order valence-corrected chi connectivity index (χ2v) is 6.30. The molecule has 0 radical (unpaired) electrons. The average Bonchev–Trinajstić information content (AvgIpc) is 3.21. The van der Waals surface area contributed by atoms with Gasteiger partial charge in [0.25, 0.3) is 5.91 Å². The van der Waals surface area contributed by atoms with E-state index in [1.54, 1.807) is 18.2 Å². The van der Waals surface area contributed by atoms with Crippen molar-refractivity contribution in [2.24, 2.45) is 0 Å². The van der Waals surface area contributed by atoms with E-state index in [0.717, 1.165) is 12.8 Å². The van der Waals surface area contributed by atoms with E-state index in [1.807, 2.05) is 6.07 Å². The summed E-state index contributed by atoms with van der Waals surface area (Å²) in [4.78, 5) is 12.6. The Labute approximate surface area is 158 Å². The highest BCUT2D eigenvalue weighted by Crippen LogP contribution is 2.38. The van der Waals surface area contributed by atoms with Crippen LogP contribution in [0.15, 0.2) is 24.3 Å². The summed E-state index contributed by atoms with van der Waals surface area (Å²) in [6.07, 6.45) is 4.80. The largest absolute Gasteiger partial charge is 0.493 e.